The molecular formula is C18H26N2O4. The van der Waals surface area contributed by atoms with Crippen LogP contribution in [0.3, 0.4) is 0 Å². The van der Waals surface area contributed by atoms with Gasteiger partial charge in [0.1, 0.15) is 11.8 Å². The number of carbonyl (C=O) groups excluding carboxylic acids is 1. The summed E-state index contributed by atoms with van der Waals surface area (Å²) in [4.78, 5) is 27.2. The van der Waals surface area contributed by atoms with Gasteiger partial charge in [-0.05, 0) is 38.0 Å². The molecule has 1 fully saturated rings. The van der Waals surface area contributed by atoms with E-state index in [-0.39, 0.29) is 5.91 Å². The van der Waals surface area contributed by atoms with Crippen LogP contribution in [0.5, 0.6) is 5.75 Å². The number of aryl methyl sites for hydroxylation is 1. The highest BCUT2D eigenvalue weighted by molar-refractivity contribution is 5.81. The summed E-state index contributed by atoms with van der Waals surface area (Å²) >= 11 is 0. The number of aliphatic carboxylic acids is 1. The molecule has 6 nitrogen and oxygen atoms in total. The first-order chi connectivity index (χ1) is 11.4. The van der Waals surface area contributed by atoms with Gasteiger partial charge in [-0.1, -0.05) is 19.1 Å². The minimum absolute atomic E-state index is 0.0582. The van der Waals surface area contributed by atoms with E-state index in [0.29, 0.717) is 31.9 Å². The Kier molecular flexibility index (Phi) is 6.20. The van der Waals surface area contributed by atoms with Gasteiger partial charge in [0.2, 0.25) is 0 Å². The summed E-state index contributed by atoms with van der Waals surface area (Å²) in [5, 5.41) is 9.06. The van der Waals surface area contributed by atoms with E-state index in [1.165, 1.54) is 5.56 Å². The number of ether oxygens (including phenoxy) is 1. The number of rotatable bonds is 6. The van der Waals surface area contributed by atoms with Crippen LogP contribution in [0, 0.1) is 0 Å². The van der Waals surface area contributed by atoms with Crippen molar-refractivity contribution in [3.05, 3.63) is 29.8 Å². The van der Waals surface area contributed by atoms with Crippen LogP contribution in [0.15, 0.2) is 24.3 Å². The van der Waals surface area contributed by atoms with Crippen molar-refractivity contribution < 1.29 is 19.4 Å². The topological polar surface area (TPSA) is 70.1 Å². The van der Waals surface area contributed by atoms with Crippen molar-refractivity contribution in [2.45, 2.75) is 39.3 Å². The minimum Gasteiger partial charge on any atom is -0.481 e. The second-order valence-electron chi connectivity index (χ2n) is 6.13. The van der Waals surface area contributed by atoms with Crippen molar-refractivity contribution in [2.24, 2.45) is 0 Å². The lowest BCUT2D eigenvalue weighted by Gasteiger charge is -2.37. The van der Waals surface area contributed by atoms with Crippen molar-refractivity contribution in [1.82, 2.24) is 9.80 Å². The normalized spacial score (nSPS) is 18.0. The van der Waals surface area contributed by atoms with Crippen LogP contribution in [0.2, 0.25) is 0 Å². The average Bonchev–Trinajstić information content (AvgIpc) is 2.61. The van der Waals surface area contributed by atoms with Crippen molar-refractivity contribution in [3.8, 4) is 5.75 Å². The standard InChI is InChI=1S/C18H26N2O4/c1-4-15-5-7-16(8-6-15)24-14(3)17(21)20-11-9-19(10-12-20)13(2)18(22)23/h5-8,13-14H,4,9-12H2,1-3H3,(H,22,23)/t13-,14-/m1/s1. The molecular weight excluding hydrogens is 308 g/mol. The number of amides is 1. The van der Waals surface area contributed by atoms with E-state index in [1.807, 2.05) is 29.2 Å². The largest absolute Gasteiger partial charge is 0.481 e. The molecule has 0 spiro atoms. The number of carbonyl (C=O) groups is 2. The van der Waals surface area contributed by atoms with Crippen LogP contribution >= 0.6 is 0 Å². The Morgan fingerprint density at radius 3 is 2.21 bits per heavy atom. The SMILES string of the molecule is CCc1ccc(O[C@H](C)C(=O)N2CCN([C@H](C)C(=O)O)CC2)cc1. The van der Waals surface area contributed by atoms with Gasteiger partial charge in [0, 0.05) is 26.2 Å². The fourth-order valence-electron chi connectivity index (χ4n) is 2.80. The lowest BCUT2D eigenvalue weighted by molar-refractivity contribution is -0.145. The van der Waals surface area contributed by atoms with E-state index in [4.69, 9.17) is 9.84 Å². The molecule has 2 rings (SSSR count). The number of hydrogen-bond donors (Lipinski definition) is 1. The lowest BCUT2D eigenvalue weighted by atomic mass is 10.2. The molecule has 0 aromatic heterocycles. The van der Waals surface area contributed by atoms with Gasteiger partial charge in [0.25, 0.3) is 5.91 Å². The van der Waals surface area contributed by atoms with Gasteiger partial charge >= 0.3 is 5.97 Å². The Hall–Kier alpha value is -2.08. The molecule has 0 bridgehead atoms. The summed E-state index contributed by atoms with van der Waals surface area (Å²) in [6.45, 7) is 7.70. The number of carboxylic acid groups (broad SMARTS) is 1. The van der Waals surface area contributed by atoms with Gasteiger partial charge in [-0.25, -0.2) is 0 Å². The number of nitrogens with zero attached hydrogens (tertiary/aromatic N) is 2. The molecule has 1 amide bonds. The monoisotopic (exact) mass is 334 g/mol. The third-order valence-electron chi connectivity index (χ3n) is 4.52. The molecule has 132 valence electrons. The Morgan fingerprint density at radius 2 is 1.71 bits per heavy atom. The number of hydrogen-bond acceptors (Lipinski definition) is 4. The first-order valence-electron chi connectivity index (χ1n) is 8.43. The molecule has 0 radical (unpaired) electrons. The molecule has 1 aliphatic rings. The van der Waals surface area contributed by atoms with E-state index in [1.54, 1.807) is 18.7 Å². The molecule has 0 saturated carbocycles. The predicted molar refractivity (Wildman–Crippen MR) is 91.2 cm³/mol. The van der Waals surface area contributed by atoms with Crippen molar-refractivity contribution in [1.29, 1.82) is 0 Å². The Labute approximate surface area is 143 Å². The molecule has 1 aromatic carbocycles. The summed E-state index contributed by atoms with van der Waals surface area (Å²) in [6, 6.07) is 7.24. The van der Waals surface area contributed by atoms with E-state index in [9.17, 15) is 9.59 Å². The molecule has 2 atom stereocenters. The maximum absolute atomic E-state index is 12.5. The fraction of sp³-hybridized carbons (Fsp3) is 0.556. The molecule has 1 N–H and O–H groups in total. The maximum atomic E-state index is 12.5. The van der Waals surface area contributed by atoms with Gasteiger partial charge in [0.05, 0.1) is 0 Å². The predicted octanol–water partition coefficient (Wildman–Crippen LogP) is 1.63. The van der Waals surface area contributed by atoms with E-state index < -0.39 is 18.1 Å². The Bertz CT molecular complexity index is 565. The van der Waals surface area contributed by atoms with Crippen LogP contribution in [-0.4, -0.2) is 65.1 Å². The molecule has 24 heavy (non-hydrogen) atoms. The highest BCUT2D eigenvalue weighted by atomic mass is 16.5. The Morgan fingerprint density at radius 1 is 1.12 bits per heavy atom. The smallest absolute Gasteiger partial charge is 0.320 e. The first kappa shape index (κ1) is 18.3. The zero-order valence-electron chi connectivity index (χ0n) is 14.6. The third-order valence-corrected chi connectivity index (χ3v) is 4.52. The highest BCUT2D eigenvalue weighted by Gasteiger charge is 2.29. The van der Waals surface area contributed by atoms with Crippen LogP contribution in [-0.2, 0) is 16.0 Å². The lowest BCUT2D eigenvalue weighted by Crippen LogP contribution is -2.55. The number of benzene rings is 1. The average molecular weight is 334 g/mol. The van der Waals surface area contributed by atoms with Gasteiger partial charge in [-0.15, -0.1) is 0 Å². The van der Waals surface area contributed by atoms with Crippen LogP contribution in [0.4, 0.5) is 0 Å². The van der Waals surface area contributed by atoms with Crippen molar-refractivity contribution in [3.63, 3.8) is 0 Å². The third kappa shape index (κ3) is 4.47. The molecule has 0 unspecified atom stereocenters. The number of piperazine rings is 1. The molecule has 0 aliphatic carbocycles. The van der Waals surface area contributed by atoms with E-state index in [2.05, 4.69) is 6.92 Å². The van der Waals surface area contributed by atoms with Crippen LogP contribution in [0.1, 0.15) is 26.3 Å². The summed E-state index contributed by atoms with van der Waals surface area (Å²) in [5.74, 6) is -0.203. The van der Waals surface area contributed by atoms with Crippen LogP contribution < -0.4 is 4.74 Å². The molecule has 1 aliphatic heterocycles. The first-order valence-corrected chi connectivity index (χ1v) is 8.43. The maximum Gasteiger partial charge on any atom is 0.320 e. The summed E-state index contributed by atoms with van der Waals surface area (Å²) < 4.78 is 5.74. The summed E-state index contributed by atoms with van der Waals surface area (Å²) in [7, 11) is 0. The van der Waals surface area contributed by atoms with Gasteiger partial charge in [-0.2, -0.15) is 0 Å². The second-order valence-corrected chi connectivity index (χ2v) is 6.13. The molecule has 1 saturated heterocycles. The minimum atomic E-state index is -0.831. The molecule has 1 aromatic rings. The quantitative estimate of drug-likeness (QED) is 0.856. The van der Waals surface area contributed by atoms with E-state index >= 15 is 0 Å². The molecule has 1 heterocycles. The van der Waals surface area contributed by atoms with Crippen molar-refractivity contribution in [2.75, 3.05) is 26.2 Å². The van der Waals surface area contributed by atoms with Gasteiger partial charge in [-0.3, -0.25) is 14.5 Å². The van der Waals surface area contributed by atoms with E-state index in [0.717, 1.165) is 6.42 Å². The second kappa shape index (κ2) is 8.15. The summed E-state index contributed by atoms with van der Waals surface area (Å²) in [6.07, 6.45) is 0.411. The van der Waals surface area contributed by atoms with Gasteiger partial charge < -0.3 is 14.7 Å². The number of carboxylic acids is 1. The van der Waals surface area contributed by atoms with Crippen LogP contribution in [0.25, 0.3) is 0 Å². The fourth-order valence-corrected chi connectivity index (χ4v) is 2.80. The zero-order chi connectivity index (χ0) is 17.7. The summed E-state index contributed by atoms with van der Waals surface area (Å²) in [5.41, 5.74) is 1.23. The molecule has 6 heteroatoms. The van der Waals surface area contributed by atoms with Crippen molar-refractivity contribution >= 4 is 11.9 Å². The zero-order valence-corrected chi connectivity index (χ0v) is 14.6. The Balaban J connectivity index is 1.86. The van der Waals surface area contributed by atoms with Gasteiger partial charge in [0.15, 0.2) is 6.10 Å². The highest BCUT2D eigenvalue weighted by Crippen LogP contribution is 2.16.